The third-order valence-electron chi connectivity index (χ3n) is 6.68. The Morgan fingerprint density at radius 3 is 2.41 bits per heavy atom. The normalized spacial score (nSPS) is 12.2. The van der Waals surface area contributed by atoms with Crippen LogP contribution in [0.2, 0.25) is 5.02 Å². The van der Waals surface area contributed by atoms with Crippen molar-refractivity contribution in [3.63, 3.8) is 0 Å². The SMILES string of the molecule is CN(C)S(=O)(=O)n1cc(C=C(NC(=O)c2ccccc2Cl)C(=O)NCCc2c[nH]c3ccccc23)c2ccccc21. The summed E-state index contributed by atoms with van der Waals surface area (Å²) in [5, 5.41) is 7.45. The van der Waals surface area contributed by atoms with Crippen molar-refractivity contribution in [2.24, 2.45) is 0 Å². The van der Waals surface area contributed by atoms with Crippen LogP contribution in [0.3, 0.4) is 0 Å². The fourth-order valence-corrected chi connectivity index (χ4v) is 5.78. The number of carbonyl (C=O) groups is 2. The van der Waals surface area contributed by atoms with Gasteiger partial charge in [0, 0.05) is 54.9 Å². The van der Waals surface area contributed by atoms with Crippen LogP contribution in [0, 0.1) is 0 Å². The van der Waals surface area contributed by atoms with E-state index in [4.69, 9.17) is 11.6 Å². The van der Waals surface area contributed by atoms with E-state index in [-0.39, 0.29) is 16.3 Å². The highest BCUT2D eigenvalue weighted by Gasteiger charge is 2.22. The molecule has 5 aromatic rings. The molecule has 2 aromatic heterocycles. The third-order valence-corrected chi connectivity index (χ3v) is 8.74. The molecule has 0 aliphatic rings. The number of aromatic amines is 1. The zero-order chi connectivity index (χ0) is 29.1. The number of halogens is 1. The second-order valence-corrected chi connectivity index (χ2v) is 12.0. The van der Waals surface area contributed by atoms with Gasteiger partial charge in [0.1, 0.15) is 5.70 Å². The quantitative estimate of drug-likeness (QED) is 0.219. The number of aromatic nitrogens is 2. The number of carbonyl (C=O) groups excluding carboxylic acids is 2. The van der Waals surface area contributed by atoms with Gasteiger partial charge in [-0.2, -0.15) is 12.7 Å². The van der Waals surface area contributed by atoms with Crippen molar-refractivity contribution in [1.82, 2.24) is 23.9 Å². The smallest absolute Gasteiger partial charge is 0.307 e. The summed E-state index contributed by atoms with van der Waals surface area (Å²) in [7, 11) is -0.974. The maximum Gasteiger partial charge on any atom is 0.307 e. The van der Waals surface area contributed by atoms with E-state index in [1.165, 1.54) is 26.4 Å². The van der Waals surface area contributed by atoms with Gasteiger partial charge in [0.25, 0.3) is 11.8 Å². The highest BCUT2D eigenvalue weighted by molar-refractivity contribution is 7.87. The Balaban J connectivity index is 1.49. The van der Waals surface area contributed by atoms with Crippen LogP contribution < -0.4 is 10.6 Å². The van der Waals surface area contributed by atoms with E-state index in [1.54, 1.807) is 48.5 Å². The predicted octanol–water partition coefficient (Wildman–Crippen LogP) is 4.56. The molecule has 0 saturated heterocycles. The first kappa shape index (κ1) is 28.2. The minimum Gasteiger partial charge on any atom is -0.361 e. The van der Waals surface area contributed by atoms with Crippen LogP contribution in [0.5, 0.6) is 0 Å². The average molecular weight is 590 g/mol. The van der Waals surface area contributed by atoms with E-state index in [0.717, 1.165) is 24.7 Å². The van der Waals surface area contributed by atoms with Crippen LogP contribution in [0.15, 0.2) is 90.9 Å². The summed E-state index contributed by atoms with van der Waals surface area (Å²) in [5.41, 5.74) is 3.06. The van der Waals surface area contributed by atoms with Crippen molar-refractivity contribution in [3.8, 4) is 0 Å². The Morgan fingerprint density at radius 1 is 0.976 bits per heavy atom. The lowest BCUT2D eigenvalue weighted by Crippen LogP contribution is -2.35. The molecule has 0 fully saturated rings. The monoisotopic (exact) mass is 589 g/mol. The largest absolute Gasteiger partial charge is 0.361 e. The van der Waals surface area contributed by atoms with Gasteiger partial charge in [-0.1, -0.05) is 60.1 Å². The lowest BCUT2D eigenvalue weighted by Gasteiger charge is -2.13. The van der Waals surface area contributed by atoms with Gasteiger partial charge < -0.3 is 15.6 Å². The number of benzene rings is 3. The Kier molecular flexibility index (Phi) is 7.98. The van der Waals surface area contributed by atoms with Gasteiger partial charge >= 0.3 is 10.2 Å². The van der Waals surface area contributed by atoms with E-state index >= 15 is 0 Å². The Bertz CT molecular complexity index is 1910. The summed E-state index contributed by atoms with van der Waals surface area (Å²) in [5.74, 6) is -1.10. The van der Waals surface area contributed by atoms with E-state index < -0.39 is 22.0 Å². The molecular weight excluding hydrogens is 562 g/mol. The van der Waals surface area contributed by atoms with Crippen molar-refractivity contribution in [1.29, 1.82) is 0 Å². The van der Waals surface area contributed by atoms with Crippen LogP contribution >= 0.6 is 11.6 Å². The number of hydrogen-bond donors (Lipinski definition) is 3. The molecule has 0 aliphatic carbocycles. The highest BCUT2D eigenvalue weighted by Crippen LogP contribution is 2.26. The molecule has 210 valence electrons. The summed E-state index contributed by atoms with van der Waals surface area (Å²) >= 11 is 6.23. The fraction of sp³-hybridized carbons (Fsp3) is 0.133. The topological polar surface area (TPSA) is 116 Å². The Labute approximate surface area is 242 Å². The first-order chi connectivity index (χ1) is 19.7. The second kappa shape index (κ2) is 11.6. The van der Waals surface area contributed by atoms with Crippen molar-refractivity contribution in [2.75, 3.05) is 20.6 Å². The standard InChI is InChI=1S/C30H28ClN5O4S/c1-35(2)41(39,40)36-19-21(23-10-5-8-14-28(23)36)17-27(34-29(37)24-11-3-6-12-25(24)31)30(38)32-16-15-20-18-33-26-13-7-4-9-22(20)26/h3-14,17-19,33H,15-16H2,1-2H3,(H,32,38)(H,34,37). The number of nitrogens with one attached hydrogen (secondary N) is 3. The number of rotatable bonds is 9. The number of hydrogen-bond acceptors (Lipinski definition) is 4. The molecule has 0 bridgehead atoms. The molecule has 2 heterocycles. The summed E-state index contributed by atoms with van der Waals surface area (Å²) in [4.78, 5) is 29.9. The number of H-pyrrole nitrogens is 1. The molecule has 11 heteroatoms. The zero-order valence-corrected chi connectivity index (χ0v) is 24.0. The average Bonchev–Trinajstić information content (AvgIpc) is 3.55. The van der Waals surface area contributed by atoms with Crippen LogP contribution in [0.4, 0.5) is 0 Å². The molecule has 5 rings (SSSR count). The van der Waals surface area contributed by atoms with Crippen molar-refractivity contribution in [2.45, 2.75) is 6.42 Å². The molecule has 3 N–H and O–H groups in total. The van der Waals surface area contributed by atoms with Gasteiger partial charge in [-0.05, 0) is 42.3 Å². The minimum absolute atomic E-state index is 0.0565. The number of fused-ring (bicyclic) bond motifs is 2. The Morgan fingerprint density at radius 2 is 1.66 bits per heavy atom. The van der Waals surface area contributed by atoms with Crippen molar-refractivity contribution < 1.29 is 18.0 Å². The third kappa shape index (κ3) is 5.76. The molecule has 9 nitrogen and oxygen atoms in total. The minimum atomic E-state index is -3.86. The summed E-state index contributed by atoms with van der Waals surface area (Å²) in [6.07, 6.45) is 5.37. The first-order valence-electron chi connectivity index (χ1n) is 12.8. The van der Waals surface area contributed by atoms with Gasteiger partial charge in [0.2, 0.25) is 0 Å². The highest BCUT2D eigenvalue weighted by atomic mass is 35.5. The van der Waals surface area contributed by atoms with E-state index in [1.807, 2.05) is 30.5 Å². The molecule has 0 unspecified atom stereocenters. The van der Waals surface area contributed by atoms with Gasteiger partial charge in [-0.3, -0.25) is 9.59 Å². The second-order valence-electron chi connectivity index (χ2n) is 9.54. The zero-order valence-electron chi connectivity index (χ0n) is 22.4. The lowest BCUT2D eigenvalue weighted by atomic mass is 10.1. The van der Waals surface area contributed by atoms with Gasteiger partial charge in [0.15, 0.2) is 0 Å². The van der Waals surface area contributed by atoms with Crippen LogP contribution in [0.25, 0.3) is 27.9 Å². The molecule has 3 aromatic carbocycles. The molecule has 0 spiro atoms. The predicted molar refractivity (Wildman–Crippen MR) is 162 cm³/mol. The van der Waals surface area contributed by atoms with E-state index in [9.17, 15) is 18.0 Å². The van der Waals surface area contributed by atoms with Gasteiger partial charge in [-0.25, -0.2) is 3.97 Å². The Hall–Kier alpha value is -4.38. The maximum atomic E-state index is 13.5. The molecule has 0 aliphatic heterocycles. The number of amides is 2. The van der Waals surface area contributed by atoms with Crippen LogP contribution in [-0.2, 0) is 21.4 Å². The van der Waals surface area contributed by atoms with Crippen molar-refractivity contribution in [3.05, 3.63) is 113 Å². The van der Waals surface area contributed by atoms with Crippen LogP contribution in [0.1, 0.15) is 21.5 Å². The first-order valence-corrected chi connectivity index (χ1v) is 14.6. The molecule has 0 atom stereocenters. The van der Waals surface area contributed by atoms with Crippen LogP contribution in [-0.4, -0.2) is 54.1 Å². The van der Waals surface area contributed by atoms with Gasteiger partial charge in [-0.15, -0.1) is 0 Å². The molecule has 0 saturated carbocycles. The summed E-state index contributed by atoms with van der Waals surface area (Å²) in [6, 6.07) is 21.3. The van der Waals surface area contributed by atoms with Gasteiger partial charge in [0.05, 0.1) is 16.1 Å². The summed E-state index contributed by atoms with van der Waals surface area (Å²) in [6.45, 7) is 0.302. The lowest BCUT2D eigenvalue weighted by molar-refractivity contribution is -0.117. The fourth-order valence-electron chi connectivity index (χ4n) is 4.55. The number of nitrogens with zero attached hydrogens (tertiary/aromatic N) is 2. The number of para-hydroxylation sites is 2. The molecular formula is C30H28ClN5O4S. The van der Waals surface area contributed by atoms with Crippen molar-refractivity contribution >= 4 is 61.5 Å². The van der Waals surface area contributed by atoms with E-state index in [2.05, 4.69) is 15.6 Å². The molecule has 2 amide bonds. The maximum absolute atomic E-state index is 13.5. The molecule has 41 heavy (non-hydrogen) atoms. The molecule has 0 radical (unpaired) electrons. The van der Waals surface area contributed by atoms with E-state index in [0.29, 0.717) is 29.4 Å². The summed E-state index contributed by atoms with van der Waals surface area (Å²) < 4.78 is 28.3.